The largest absolute Gasteiger partial charge is 0.573 e. The van der Waals surface area contributed by atoms with Gasteiger partial charge in [-0.1, -0.05) is 12.1 Å². The number of nitrogens with one attached hydrogen (secondary N) is 1. The molecule has 1 aromatic carbocycles. The van der Waals surface area contributed by atoms with Crippen molar-refractivity contribution in [3.63, 3.8) is 0 Å². The van der Waals surface area contributed by atoms with Gasteiger partial charge in [-0.05, 0) is 48.7 Å². The molecule has 1 fully saturated rings. The highest BCUT2D eigenvalue weighted by molar-refractivity contribution is 5.64. The molecule has 0 unspecified atom stereocenters. The summed E-state index contributed by atoms with van der Waals surface area (Å²) in [7, 11) is 0. The topological polar surface area (TPSA) is 86.5 Å². The Kier molecular flexibility index (Phi) is 6.01. The van der Waals surface area contributed by atoms with Crippen molar-refractivity contribution in [1.29, 1.82) is 0 Å². The number of halogens is 3. The number of hydrogen-bond donors (Lipinski definition) is 1. The summed E-state index contributed by atoms with van der Waals surface area (Å²) < 4.78 is 48.2. The number of fused-ring (bicyclic) bond motifs is 1. The van der Waals surface area contributed by atoms with E-state index in [9.17, 15) is 13.2 Å². The van der Waals surface area contributed by atoms with E-state index in [1.165, 1.54) is 12.1 Å². The first-order chi connectivity index (χ1) is 16.4. The number of alkyl halides is 3. The SMILES string of the molecule is FC(F)(F)Oc1ccc(Cc2nnc3cc(-c4ccnc(NC5CCOCC5)n4)ccn23)cc1. The van der Waals surface area contributed by atoms with E-state index in [0.717, 1.165) is 42.9 Å². The van der Waals surface area contributed by atoms with Gasteiger partial charge >= 0.3 is 6.36 Å². The Balaban J connectivity index is 1.31. The lowest BCUT2D eigenvalue weighted by atomic mass is 10.1. The summed E-state index contributed by atoms with van der Waals surface area (Å²) in [5.74, 6) is 0.975. The zero-order valence-electron chi connectivity index (χ0n) is 18.0. The van der Waals surface area contributed by atoms with Crippen LogP contribution in [0.2, 0.25) is 0 Å². The number of rotatable bonds is 6. The Morgan fingerprint density at radius 2 is 1.85 bits per heavy atom. The van der Waals surface area contributed by atoms with Crippen molar-refractivity contribution >= 4 is 11.6 Å². The van der Waals surface area contributed by atoms with Gasteiger partial charge in [0.1, 0.15) is 11.6 Å². The summed E-state index contributed by atoms with van der Waals surface area (Å²) in [5, 5.41) is 11.9. The zero-order valence-corrected chi connectivity index (χ0v) is 18.0. The van der Waals surface area contributed by atoms with Crippen LogP contribution in [-0.2, 0) is 11.2 Å². The van der Waals surface area contributed by atoms with Gasteiger partial charge in [0.05, 0.1) is 5.69 Å². The fourth-order valence-electron chi connectivity index (χ4n) is 3.83. The Morgan fingerprint density at radius 1 is 1.06 bits per heavy atom. The molecule has 0 bridgehead atoms. The van der Waals surface area contributed by atoms with Gasteiger partial charge in [0, 0.05) is 43.6 Å². The van der Waals surface area contributed by atoms with Crippen LogP contribution < -0.4 is 10.1 Å². The molecule has 0 saturated carbocycles. The molecule has 4 aromatic rings. The van der Waals surface area contributed by atoms with E-state index >= 15 is 0 Å². The van der Waals surface area contributed by atoms with E-state index < -0.39 is 6.36 Å². The summed E-state index contributed by atoms with van der Waals surface area (Å²) >= 11 is 0. The second-order valence-electron chi connectivity index (χ2n) is 7.92. The number of aromatic nitrogens is 5. The smallest absolute Gasteiger partial charge is 0.406 e. The van der Waals surface area contributed by atoms with Crippen molar-refractivity contribution in [2.24, 2.45) is 0 Å². The number of nitrogens with zero attached hydrogens (tertiary/aromatic N) is 5. The molecule has 3 aromatic heterocycles. The molecule has 8 nitrogen and oxygen atoms in total. The van der Waals surface area contributed by atoms with Crippen LogP contribution in [0.4, 0.5) is 19.1 Å². The minimum absolute atomic E-state index is 0.262. The number of benzene rings is 1. The third kappa shape index (κ3) is 5.25. The lowest BCUT2D eigenvalue weighted by molar-refractivity contribution is -0.274. The zero-order chi connectivity index (χ0) is 23.5. The first-order valence-corrected chi connectivity index (χ1v) is 10.8. The van der Waals surface area contributed by atoms with Crippen LogP contribution in [0.3, 0.4) is 0 Å². The molecule has 1 N–H and O–H groups in total. The van der Waals surface area contributed by atoms with Crippen molar-refractivity contribution in [2.75, 3.05) is 18.5 Å². The fourth-order valence-corrected chi connectivity index (χ4v) is 3.83. The molecule has 5 rings (SSSR count). The minimum Gasteiger partial charge on any atom is -0.406 e. The summed E-state index contributed by atoms with van der Waals surface area (Å²) in [6, 6.07) is 11.6. The molecule has 4 heterocycles. The fraction of sp³-hybridized carbons (Fsp3) is 0.304. The van der Waals surface area contributed by atoms with Crippen molar-refractivity contribution < 1.29 is 22.6 Å². The lowest BCUT2D eigenvalue weighted by Gasteiger charge is -2.23. The summed E-state index contributed by atoms with van der Waals surface area (Å²) in [6.45, 7) is 1.46. The Hall–Kier alpha value is -3.73. The molecule has 0 atom stereocenters. The Morgan fingerprint density at radius 3 is 2.62 bits per heavy atom. The number of anilines is 1. The average Bonchev–Trinajstić information content (AvgIpc) is 3.22. The van der Waals surface area contributed by atoms with E-state index in [1.807, 2.05) is 28.8 Å². The quantitative estimate of drug-likeness (QED) is 0.451. The summed E-state index contributed by atoms with van der Waals surface area (Å²) in [6.07, 6.45) is 1.10. The molecule has 34 heavy (non-hydrogen) atoms. The van der Waals surface area contributed by atoms with Gasteiger partial charge < -0.3 is 14.8 Å². The predicted octanol–water partition coefficient (Wildman–Crippen LogP) is 4.27. The number of pyridine rings is 1. The van der Waals surface area contributed by atoms with Crippen LogP contribution in [0.5, 0.6) is 5.75 Å². The third-order valence-corrected chi connectivity index (χ3v) is 5.51. The maximum atomic E-state index is 12.3. The monoisotopic (exact) mass is 470 g/mol. The molecule has 1 saturated heterocycles. The van der Waals surface area contributed by atoms with Gasteiger partial charge in [0.25, 0.3) is 0 Å². The first-order valence-electron chi connectivity index (χ1n) is 10.8. The third-order valence-electron chi connectivity index (χ3n) is 5.51. The van der Waals surface area contributed by atoms with E-state index in [1.54, 1.807) is 18.3 Å². The normalized spacial score (nSPS) is 14.9. The molecule has 1 aliphatic rings. The van der Waals surface area contributed by atoms with Gasteiger partial charge in [-0.3, -0.25) is 4.40 Å². The van der Waals surface area contributed by atoms with Gasteiger partial charge in [0.2, 0.25) is 5.95 Å². The molecular formula is C23H21F3N6O2. The Labute approximate surface area is 192 Å². The van der Waals surface area contributed by atoms with Crippen molar-refractivity contribution in [2.45, 2.75) is 31.7 Å². The van der Waals surface area contributed by atoms with E-state index in [4.69, 9.17) is 4.74 Å². The standard InChI is InChI=1S/C23H21F3N6O2/c24-23(25,26)34-18-3-1-15(2-4-18)13-20-30-31-21-14-16(6-10-32(20)21)19-5-9-27-22(29-19)28-17-7-11-33-12-8-17/h1-6,9-10,14,17H,7-8,11-13H2,(H,27,28,29). The van der Waals surface area contributed by atoms with Gasteiger partial charge in [-0.2, -0.15) is 0 Å². The second kappa shape index (κ2) is 9.26. The molecule has 0 radical (unpaired) electrons. The van der Waals surface area contributed by atoms with E-state index in [-0.39, 0.29) is 5.75 Å². The maximum Gasteiger partial charge on any atom is 0.573 e. The molecular weight excluding hydrogens is 449 g/mol. The highest BCUT2D eigenvalue weighted by atomic mass is 19.4. The molecule has 176 valence electrons. The highest BCUT2D eigenvalue weighted by Gasteiger charge is 2.31. The number of hydrogen-bond acceptors (Lipinski definition) is 7. The van der Waals surface area contributed by atoms with Crippen LogP contribution in [0.25, 0.3) is 16.9 Å². The minimum atomic E-state index is -4.71. The maximum absolute atomic E-state index is 12.3. The predicted molar refractivity (Wildman–Crippen MR) is 117 cm³/mol. The van der Waals surface area contributed by atoms with Crippen LogP contribution in [0, 0.1) is 0 Å². The van der Waals surface area contributed by atoms with Crippen molar-refractivity contribution in [3.05, 3.63) is 66.2 Å². The summed E-state index contributed by atoms with van der Waals surface area (Å²) in [5.41, 5.74) is 3.06. The summed E-state index contributed by atoms with van der Waals surface area (Å²) in [4.78, 5) is 8.97. The molecule has 0 amide bonds. The highest BCUT2D eigenvalue weighted by Crippen LogP contribution is 2.24. The van der Waals surface area contributed by atoms with Gasteiger partial charge in [-0.25, -0.2) is 9.97 Å². The molecule has 0 spiro atoms. The van der Waals surface area contributed by atoms with Crippen LogP contribution in [0.1, 0.15) is 24.2 Å². The van der Waals surface area contributed by atoms with E-state index in [0.29, 0.717) is 29.9 Å². The molecule has 0 aliphatic carbocycles. The van der Waals surface area contributed by atoms with E-state index in [2.05, 4.69) is 30.2 Å². The number of ether oxygens (including phenoxy) is 2. The lowest BCUT2D eigenvalue weighted by Crippen LogP contribution is -2.28. The van der Waals surface area contributed by atoms with Crippen molar-refractivity contribution in [3.8, 4) is 17.0 Å². The van der Waals surface area contributed by atoms with Gasteiger partial charge in [0.15, 0.2) is 5.65 Å². The van der Waals surface area contributed by atoms with Crippen LogP contribution in [-0.4, -0.2) is 50.2 Å². The van der Waals surface area contributed by atoms with Gasteiger partial charge in [-0.15, -0.1) is 23.4 Å². The first kappa shape index (κ1) is 22.1. The van der Waals surface area contributed by atoms with Crippen LogP contribution in [0.15, 0.2) is 54.9 Å². The molecule has 1 aliphatic heterocycles. The molecule has 11 heteroatoms. The average molecular weight is 470 g/mol. The van der Waals surface area contributed by atoms with Crippen molar-refractivity contribution in [1.82, 2.24) is 24.6 Å². The Bertz CT molecular complexity index is 1270. The van der Waals surface area contributed by atoms with Crippen LogP contribution >= 0.6 is 0 Å². The second-order valence-corrected chi connectivity index (χ2v) is 7.92.